The molecule has 0 N–H and O–H groups in total. The molecule has 0 saturated heterocycles. The van der Waals surface area contributed by atoms with Crippen LogP contribution in [0.4, 0.5) is 10.5 Å². The van der Waals surface area contributed by atoms with Gasteiger partial charge in [0.05, 0.1) is 5.69 Å². The normalized spacial score (nSPS) is 9.70. The topological polar surface area (TPSA) is 23.6 Å². The summed E-state index contributed by atoms with van der Waals surface area (Å²) in [7, 11) is 0. The summed E-state index contributed by atoms with van der Waals surface area (Å²) >= 11 is 0. The molecule has 0 aliphatic rings. The van der Waals surface area contributed by atoms with E-state index < -0.39 is 0 Å². The van der Waals surface area contributed by atoms with Gasteiger partial charge in [0.15, 0.2) is 0 Å². The summed E-state index contributed by atoms with van der Waals surface area (Å²) in [5.41, 5.74) is 1.75. The molecule has 1 aromatic rings. The number of amides is 2. The van der Waals surface area contributed by atoms with Gasteiger partial charge in [0.1, 0.15) is 0 Å². The first-order valence-corrected chi connectivity index (χ1v) is 8.44. The van der Waals surface area contributed by atoms with Gasteiger partial charge in [-0.25, -0.2) is 4.79 Å². The average Bonchev–Trinajstić information content (AvgIpc) is 2.58. The second kappa shape index (κ2) is 10.5. The molecule has 0 saturated carbocycles. The Morgan fingerprint density at radius 1 is 1.22 bits per heavy atom. The Morgan fingerprint density at radius 2 is 1.91 bits per heavy atom. The van der Waals surface area contributed by atoms with E-state index in [1.165, 1.54) is 0 Å². The molecule has 2 amide bonds. The third-order valence-electron chi connectivity index (χ3n) is 3.65. The molecule has 0 fully saturated rings. The maximum atomic E-state index is 12.8. The maximum absolute atomic E-state index is 12.8. The molecule has 0 spiro atoms. The van der Waals surface area contributed by atoms with Gasteiger partial charge >= 0.3 is 6.03 Å². The van der Waals surface area contributed by atoms with Crippen molar-refractivity contribution in [2.45, 2.75) is 40.0 Å². The molecule has 0 radical (unpaired) electrons. The van der Waals surface area contributed by atoms with Crippen LogP contribution in [0.25, 0.3) is 0 Å². The van der Waals surface area contributed by atoms with Gasteiger partial charge in [0.25, 0.3) is 0 Å². The predicted octanol–water partition coefficient (Wildman–Crippen LogP) is 4.68. The molecule has 23 heavy (non-hydrogen) atoms. The summed E-state index contributed by atoms with van der Waals surface area (Å²) in [5, 5.41) is 0. The van der Waals surface area contributed by atoms with Crippen molar-refractivity contribution in [2.75, 3.05) is 24.5 Å². The number of carbonyl (C=O) groups excluding carboxylic acids is 1. The van der Waals surface area contributed by atoms with E-state index in [0.717, 1.165) is 30.5 Å². The predicted molar refractivity (Wildman–Crippen MR) is 98.7 cm³/mol. The summed E-state index contributed by atoms with van der Waals surface area (Å²) < 4.78 is 0. The van der Waals surface area contributed by atoms with Crippen molar-refractivity contribution in [3.63, 3.8) is 0 Å². The van der Waals surface area contributed by atoms with Crippen LogP contribution in [0.5, 0.6) is 0 Å². The van der Waals surface area contributed by atoms with Gasteiger partial charge in [0, 0.05) is 31.6 Å². The number of benzene rings is 1. The van der Waals surface area contributed by atoms with Crippen molar-refractivity contribution in [2.24, 2.45) is 0 Å². The van der Waals surface area contributed by atoms with E-state index in [0.29, 0.717) is 19.6 Å². The largest absolute Gasteiger partial charge is 0.325 e. The van der Waals surface area contributed by atoms with Crippen LogP contribution in [-0.2, 0) is 0 Å². The van der Waals surface area contributed by atoms with Crippen molar-refractivity contribution in [1.82, 2.24) is 4.90 Å². The lowest BCUT2D eigenvalue weighted by molar-refractivity contribution is 0.210. The standard InChI is InChI=1S/C20H28N2O/c1-5-9-10-11-14-18-15-12-13-16-19(18)22(17-6-2)20(23)21(7-3)8-4/h6,12-13,15-16H,2,5,7-10,17H2,1,3-4H3. The van der Waals surface area contributed by atoms with Crippen LogP contribution >= 0.6 is 0 Å². The maximum Gasteiger partial charge on any atom is 0.324 e. The quantitative estimate of drug-likeness (QED) is 0.407. The van der Waals surface area contributed by atoms with Crippen LogP contribution in [-0.4, -0.2) is 30.6 Å². The number of hydrogen-bond acceptors (Lipinski definition) is 1. The highest BCUT2D eigenvalue weighted by atomic mass is 16.2. The van der Waals surface area contributed by atoms with E-state index in [-0.39, 0.29) is 6.03 Å². The molecule has 0 aliphatic carbocycles. The van der Waals surface area contributed by atoms with Gasteiger partial charge < -0.3 is 4.90 Å². The van der Waals surface area contributed by atoms with Gasteiger partial charge in [-0.3, -0.25) is 4.90 Å². The van der Waals surface area contributed by atoms with Crippen LogP contribution in [0.3, 0.4) is 0 Å². The Morgan fingerprint density at radius 3 is 2.52 bits per heavy atom. The summed E-state index contributed by atoms with van der Waals surface area (Å²) in [5.74, 6) is 6.43. The van der Waals surface area contributed by atoms with Crippen molar-refractivity contribution in [3.05, 3.63) is 42.5 Å². The molecule has 0 atom stereocenters. The molecule has 0 aliphatic heterocycles. The Kier molecular flexibility index (Phi) is 8.60. The summed E-state index contributed by atoms with van der Waals surface area (Å²) in [6, 6.07) is 7.83. The number of carbonyl (C=O) groups is 1. The molecule has 3 heteroatoms. The molecule has 0 unspecified atom stereocenters. The fourth-order valence-electron chi connectivity index (χ4n) is 2.31. The first-order valence-electron chi connectivity index (χ1n) is 8.44. The zero-order chi connectivity index (χ0) is 17.1. The molecule has 1 aromatic carbocycles. The number of urea groups is 1. The molecule has 1 rings (SSSR count). The molecule has 3 nitrogen and oxygen atoms in total. The van der Waals surface area contributed by atoms with E-state index in [4.69, 9.17) is 0 Å². The smallest absolute Gasteiger partial charge is 0.324 e. The highest BCUT2D eigenvalue weighted by Crippen LogP contribution is 2.21. The first kappa shape index (κ1) is 18.8. The molecule has 0 heterocycles. The van der Waals surface area contributed by atoms with Gasteiger partial charge in [0.2, 0.25) is 0 Å². The minimum Gasteiger partial charge on any atom is -0.325 e. The van der Waals surface area contributed by atoms with Crippen molar-refractivity contribution >= 4 is 11.7 Å². The van der Waals surface area contributed by atoms with Gasteiger partial charge in [-0.2, -0.15) is 0 Å². The number of unbranched alkanes of at least 4 members (excludes halogenated alkanes) is 2. The monoisotopic (exact) mass is 312 g/mol. The van der Waals surface area contributed by atoms with Crippen LogP contribution in [0.15, 0.2) is 36.9 Å². The number of hydrogen-bond donors (Lipinski definition) is 0. The average molecular weight is 312 g/mol. The molecule has 124 valence electrons. The van der Waals surface area contributed by atoms with Crippen LogP contribution in [0.1, 0.15) is 45.6 Å². The molecule has 0 bridgehead atoms. The van der Waals surface area contributed by atoms with E-state index in [1.807, 2.05) is 43.0 Å². The van der Waals surface area contributed by atoms with E-state index in [2.05, 4.69) is 25.3 Å². The lowest BCUT2D eigenvalue weighted by Crippen LogP contribution is -2.43. The zero-order valence-electron chi connectivity index (χ0n) is 14.6. The fourth-order valence-corrected chi connectivity index (χ4v) is 2.31. The van der Waals surface area contributed by atoms with E-state index in [9.17, 15) is 4.79 Å². The fraction of sp³-hybridized carbons (Fsp3) is 0.450. The SMILES string of the molecule is C=CCN(C(=O)N(CC)CC)c1ccccc1C#CCCCC. The highest BCUT2D eigenvalue weighted by molar-refractivity contribution is 5.93. The lowest BCUT2D eigenvalue weighted by Gasteiger charge is -2.29. The zero-order valence-corrected chi connectivity index (χ0v) is 14.6. The minimum absolute atomic E-state index is 0.00212. The minimum atomic E-state index is -0.00212. The van der Waals surface area contributed by atoms with Gasteiger partial charge in [-0.15, -0.1) is 6.58 Å². The number of para-hydroxylation sites is 1. The third-order valence-corrected chi connectivity index (χ3v) is 3.65. The third kappa shape index (κ3) is 5.49. The molecular weight excluding hydrogens is 284 g/mol. The number of anilines is 1. The second-order valence-electron chi connectivity index (χ2n) is 5.28. The molecular formula is C20H28N2O. The Balaban J connectivity index is 3.13. The number of rotatable bonds is 7. The van der Waals surface area contributed by atoms with E-state index >= 15 is 0 Å². The lowest BCUT2D eigenvalue weighted by atomic mass is 10.1. The van der Waals surface area contributed by atoms with Crippen LogP contribution in [0.2, 0.25) is 0 Å². The number of nitrogens with zero attached hydrogens (tertiary/aromatic N) is 2. The Hall–Kier alpha value is -2.21. The van der Waals surface area contributed by atoms with Crippen LogP contribution < -0.4 is 4.90 Å². The highest BCUT2D eigenvalue weighted by Gasteiger charge is 2.20. The first-order chi connectivity index (χ1) is 11.2. The van der Waals surface area contributed by atoms with Gasteiger partial charge in [-0.05, 0) is 32.4 Å². The molecule has 0 aromatic heterocycles. The van der Waals surface area contributed by atoms with Crippen LogP contribution in [0, 0.1) is 11.8 Å². The summed E-state index contributed by atoms with van der Waals surface area (Å²) in [6.07, 6.45) is 4.88. The summed E-state index contributed by atoms with van der Waals surface area (Å²) in [4.78, 5) is 16.3. The van der Waals surface area contributed by atoms with Gasteiger partial charge in [-0.1, -0.05) is 43.4 Å². The van der Waals surface area contributed by atoms with Crippen molar-refractivity contribution in [3.8, 4) is 11.8 Å². The van der Waals surface area contributed by atoms with Crippen molar-refractivity contribution < 1.29 is 4.79 Å². The second-order valence-corrected chi connectivity index (χ2v) is 5.28. The Labute approximate surface area is 141 Å². The Bertz CT molecular complexity index is 564. The van der Waals surface area contributed by atoms with E-state index in [1.54, 1.807) is 11.0 Å². The van der Waals surface area contributed by atoms with Crippen molar-refractivity contribution in [1.29, 1.82) is 0 Å². The summed E-state index contributed by atoms with van der Waals surface area (Å²) in [6.45, 7) is 11.8.